The molecule has 7 nitrogen and oxygen atoms in total. The molecule has 28 heavy (non-hydrogen) atoms. The molecule has 1 atom stereocenters. The predicted octanol–water partition coefficient (Wildman–Crippen LogP) is 3.07. The fraction of sp³-hybridized carbons (Fsp3) is 0.571. The van der Waals surface area contributed by atoms with E-state index in [2.05, 4.69) is 22.9 Å². The maximum atomic E-state index is 12.4. The minimum absolute atomic E-state index is 0.151. The van der Waals surface area contributed by atoms with Crippen LogP contribution in [-0.2, 0) is 14.3 Å². The van der Waals surface area contributed by atoms with Gasteiger partial charge in [0.25, 0.3) is 5.91 Å². The second-order valence-corrected chi connectivity index (χ2v) is 7.82. The Hall–Kier alpha value is -2.57. The number of urea groups is 1. The number of anilines is 1. The number of hydrogen-bond donors (Lipinski definition) is 3. The molecule has 1 aromatic rings. The number of esters is 1. The molecule has 3 amide bonds. The lowest BCUT2D eigenvalue weighted by Crippen LogP contribution is -2.48. The summed E-state index contributed by atoms with van der Waals surface area (Å²) in [7, 11) is 0. The summed E-state index contributed by atoms with van der Waals surface area (Å²) in [6, 6.07) is 7.76. The monoisotopic (exact) mass is 389 g/mol. The van der Waals surface area contributed by atoms with Gasteiger partial charge < -0.3 is 20.7 Å². The number of nitrogens with one attached hydrogen (secondary N) is 3. The second-order valence-electron chi connectivity index (χ2n) is 7.82. The van der Waals surface area contributed by atoms with Gasteiger partial charge in [0.15, 0.2) is 6.61 Å². The Morgan fingerprint density at radius 2 is 1.71 bits per heavy atom. The molecule has 1 aliphatic carbocycles. The van der Waals surface area contributed by atoms with Gasteiger partial charge >= 0.3 is 12.0 Å². The van der Waals surface area contributed by atoms with E-state index in [0.717, 1.165) is 25.7 Å². The number of hydrogen-bond acceptors (Lipinski definition) is 4. The first-order valence-electron chi connectivity index (χ1n) is 9.93. The van der Waals surface area contributed by atoms with Crippen molar-refractivity contribution in [2.75, 3.05) is 11.9 Å². The SMILES string of the molecule is CC1CCC(NC(=O)COC(=O)[C@@H](NC(=O)Nc2ccccc2)C(C)C)CC1. The Bertz CT molecular complexity index is 655. The van der Waals surface area contributed by atoms with Gasteiger partial charge in [-0.3, -0.25) is 4.79 Å². The van der Waals surface area contributed by atoms with Gasteiger partial charge in [-0.15, -0.1) is 0 Å². The molecule has 154 valence electrons. The summed E-state index contributed by atoms with van der Waals surface area (Å²) in [5.41, 5.74) is 0.622. The lowest BCUT2D eigenvalue weighted by molar-refractivity contribution is -0.151. The van der Waals surface area contributed by atoms with Gasteiger partial charge in [0.2, 0.25) is 0 Å². The molecule has 0 bridgehead atoms. The third-order valence-corrected chi connectivity index (χ3v) is 4.97. The summed E-state index contributed by atoms with van der Waals surface area (Å²) in [4.78, 5) is 36.6. The van der Waals surface area contributed by atoms with E-state index in [-0.39, 0.29) is 24.5 Å². The third kappa shape index (κ3) is 7.21. The van der Waals surface area contributed by atoms with Gasteiger partial charge in [0, 0.05) is 11.7 Å². The van der Waals surface area contributed by atoms with Gasteiger partial charge in [-0.05, 0) is 49.7 Å². The molecule has 0 saturated heterocycles. The van der Waals surface area contributed by atoms with Crippen LogP contribution in [0.5, 0.6) is 0 Å². The minimum atomic E-state index is -0.841. The van der Waals surface area contributed by atoms with Crippen LogP contribution in [0.1, 0.15) is 46.5 Å². The van der Waals surface area contributed by atoms with Crippen LogP contribution >= 0.6 is 0 Å². The molecule has 0 radical (unpaired) electrons. The first-order chi connectivity index (χ1) is 13.3. The standard InChI is InChI=1S/C21H31N3O4/c1-14(2)19(24-21(27)23-16-7-5-4-6-8-16)20(26)28-13-18(25)22-17-11-9-15(3)10-12-17/h4-8,14-15,17,19H,9-13H2,1-3H3,(H,22,25)(H2,23,24,27)/t15?,17?,19-/m0/s1. The van der Waals surface area contributed by atoms with Crippen molar-refractivity contribution < 1.29 is 19.1 Å². The summed E-state index contributed by atoms with van der Waals surface area (Å²) in [6.07, 6.45) is 4.11. The van der Waals surface area contributed by atoms with Gasteiger partial charge in [-0.25, -0.2) is 9.59 Å². The first-order valence-corrected chi connectivity index (χ1v) is 9.93. The van der Waals surface area contributed by atoms with Crippen molar-refractivity contribution in [1.29, 1.82) is 0 Å². The molecule has 1 saturated carbocycles. The van der Waals surface area contributed by atoms with E-state index in [4.69, 9.17) is 4.74 Å². The maximum Gasteiger partial charge on any atom is 0.329 e. The Morgan fingerprint density at radius 1 is 1.07 bits per heavy atom. The number of benzene rings is 1. The average molecular weight is 389 g/mol. The van der Waals surface area contributed by atoms with Crippen LogP contribution in [0.25, 0.3) is 0 Å². The van der Waals surface area contributed by atoms with Crippen LogP contribution in [0.3, 0.4) is 0 Å². The van der Waals surface area contributed by atoms with E-state index in [1.54, 1.807) is 38.1 Å². The largest absolute Gasteiger partial charge is 0.454 e. The number of ether oxygens (including phenoxy) is 1. The number of carbonyl (C=O) groups is 3. The van der Waals surface area contributed by atoms with E-state index in [1.807, 2.05) is 6.07 Å². The molecule has 0 aromatic heterocycles. The molecule has 0 aliphatic heterocycles. The smallest absolute Gasteiger partial charge is 0.329 e. The number of para-hydroxylation sites is 1. The highest BCUT2D eigenvalue weighted by molar-refractivity contribution is 5.93. The molecule has 2 rings (SSSR count). The summed E-state index contributed by atoms with van der Waals surface area (Å²) in [6.45, 7) is 5.49. The molecule has 0 heterocycles. The lowest BCUT2D eigenvalue weighted by atomic mass is 9.87. The first kappa shape index (κ1) is 21.7. The molecule has 7 heteroatoms. The van der Waals surface area contributed by atoms with Crippen molar-refractivity contribution in [2.24, 2.45) is 11.8 Å². The number of amides is 3. The molecule has 1 aliphatic rings. The highest BCUT2D eigenvalue weighted by Crippen LogP contribution is 2.23. The van der Waals surface area contributed by atoms with Gasteiger partial charge in [-0.2, -0.15) is 0 Å². The fourth-order valence-corrected chi connectivity index (χ4v) is 3.23. The summed E-state index contributed by atoms with van der Waals surface area (Å²) < 4.78 is 5.15. The summed E-state index contributed by atoms with van der Waals surface area (Å²) in [5, 5.41) is 8.21. The molecule has 1 fully saturated rings. The predicted molar refractivity (Wildman–Crippen MR) is 108 cm³/mol. The third-order valence-electron chi connectivity index (χ3n) is 4.97. The van der Waals surface area contributed by atoms with Crippen LogP contribution in [0.15, 0.2) is 30.3 Å². The van der Waals surface area contributed by atoms with Crippen molar-refractivity contribution in [1.82, 2.24) is 10.6 Å². The van der Waals surface area contributed by atoms with Crippen LogP contribution in [-0.4, -0.2) is 36.6 Å². The van der Waals surface area contributed by atoms with Crippen LogP contribution < -0.4 is 16.0 Å². The van der Waals surface area contributed by atoms with E-state index >= 15 is 0 Å². The molecule has 0 unspecified atom stereocenters. The molecule has 3 N–H and O–H groups in total. The van der Waals surface area contributed by atoms with Crippen molar-refractivity contribution in [3.63, 3.8) is 0 Å². The normalized spacial score (nSPS) is 20.1. The van der Waals surface area contributed by atoms with E-state index in [9.17, 15) is 14.4 Å². The second kappa shape index (κ2) is 10.7. The molecule has 1 aromatic carbocycles. The van der Waals surface area contributed by atoms with E-state index < -0.39 is 18.0 Å². The van der Waals surface area contributed by atoms with Crippen LogP contribution in [0.4, 0.5) is 10.5 Å². The van der Waals surface area contributed by atoms with E-state index in [1.165, 1.54) is 0 Å². The van der Waals surface area contributed by atoms with Crippen LogP contribution in [0.2, 0.25) is 0 Å². The van der Waals surface area contributed by atoms with Gasteiger partial charge in [0.1, 0.15) is 6.04 Å². The Morgan fingerprint density at radius 3 is 2.32 bits per heavy atom. The minimum Gasteiger partial charge on any atom is -0.454 e. The Labute approximate surface area is 166 Å². The zero-order valence-corrected chi connectivity index (χ0v) is 16.9. The van der Waals surface area contributed by atoms with Crippen molar-refractivity contribution >= 4 is 23.6 Å². The van der Waals surface area contributed by atoms with Gasteiger partial charge in [0.05, 0.1) is 0 Å². The average Bonchev–Trinajstić information content (AvgIpc) is 2.66. The highest BCUT2D eigenvalue weighted by Gasteiger charge is 2.27. The molecule has 0 spiro atoms. The zero-order valence-electron chi connectivity index (χ0n) is 16.9. The zero-order chi connectivity index (χ0) is 20.5. The number of carbonyl (C=O) groups excluding carboxylic acids is 3. The quantitative estimate of drug-likeness (QED) is 0.625. The van der Waals surface area contributed by atoms with Crippen molar-refractivity contribution in [3.8, 4) is 0 Å². The van der Waals surface area contributed by atoms with Crippen LogP contribution in [0, 0.1) is 11.8 Å². The van der Waals surface area contributed by atoms with Gasteiger partial charge in [-0.1, -0.05) is 39.0 Å². The highest BCUT2D eigenvalue weighted by atomic mass is 16.5. The lowest BCUT2D eigenvalue weighted by Gasteiger charge is -2.27. The van der Waals surface area contributed by atoms with Crippen molar-refractivity contribution in [2.45, 2.75) is 58.5 Å². The van der Waals surface area contributed by atoms with E-state index in [0.29, 0.717) is 11.6 Å². The Balaban J connectivity index is 1.78. The number of rotatable bonds is 7. The molecular formula is C21H31N3O4. The Kier molecular flexibility index (Phi) is 8.29. The summed E-state index contributed by atoms with van der Waals surface area (Å²) in [5.74, 6) is -0.405. The molecular weight excluding hydrogens is 358 g/mol. The maximum absolute atomic E-state index is 12.4. The topological polar surface area (TPSA) is 96.5 Å². The fourth-order valence-electron chi connectivity index (χ4n) is 3.23. The van der Waals surface area contributed by atoms with Crippen molar-refractivity contribution in [3.05, 3.63) is 30.3 Å². The summed E-state index contributed by atoms with van der Waals surface area (Å²) >= 11 is 0.